The summed E-state index contributed by atoms with van der Waals surface area (Å²) in [6, 6.07) is 2.83. The normalized spacial score (nSPS) is 23.4. The fourth-order valence-electron chi connectivity index (χ4n) is 3.12. The Morgan fingerprint density at radius 3 is 2.80 bits per heavy atom. The van der Waals surface area contributed by atoms with Gasteiger partial charge in [-0.3, -0.25) is 0 Å². The van der Waals surface area contributed by atoms with Crippen LogP contribution in [0.15, 0.2) is 12.1 Å². The number of aromatic amines is 1. The first-order valence-electron chi connectivity index (χ1n) is 6.74. The number of rotatable bonds is 2. The van der Waals surface area contributed by atoms with Gasteiger partial charge in [0.1, 0.15) is 5.52 Å². The lowest BCUT2D eigenvalue weighted by atomic mass is 9.94. The van der Waals surface area contributed by atoms with Crippen LogP contribution in [0.4, 0.5) is 8.78 Å². The molecule has 0 aliphatic heterocycles. The molecular weight excluding hydrogens is 298 g/mol. The van der Waals surface area contributed by atoms with E-state index in [4.69, 9.17) is 12.2 Å². The molecule has 1 N–H and O–H groups in total. The van der Waals surface area contributed by atoms with Crippen molar-refractivity contribution in [1.82, 2.24) is 9.55 Å². The highest BCUT2D eigenvalue weighted by molar-refractivity contribution is 7.99. The number of benzene rings is 1. The average molecular weight is 314 g/mol. The van der Waals surface area contributed by atoms with Gasteiger partial charge in [0.05, 0.1) is 5.52 Å². The van der Waals surface area contributed by atoms with Crippen molar-refractivity contribution in [3.05, 3.63) is 28.5 Å². The Bertz CT molecular complexity index is 692. The summed E-state index contributed by atoms with van der Waals surface area (Å²) in [6.45, 7) is 0. The Labute approximate surface area is 125 Å². The van der Waals surface area contributed by atoms with Crippen LogP contribution in [0.25, 0.3) is 11.0 Å². The van der Waals surface area contributed by atoms with Gasteiger partial charge in [0.2, 0.25) is 0 Å². The molecule has 0 amide bonds. The highest BCUT2D eigenvalue weighted by atomic mass is 32.2. The number of halogens is 2. The molecule has 1 aliphatic carbocycles. The van der Waals surface area contributed by atoms with Crippen LogP contribution in [-0.4, -0.2) is 21.1 Å². The molecule has 108 valence electrons. The van der Waals surface area contributed by atoms with Crippen LogP contribution in [0.2, 0.25) is 0 Å². The van der Waals surface area contributed by atoms with Crippen LogP contribution < -0.4 is 0 Å². The summed E-state index contributed by atoms with van der Waals surface area (Å²) in [5.74, 6) is -1.63. The van der Waals surface area contributed by atoms with Crippen molar-refractivity contribution < 1.29 is 8.78 Å². The molecule has 2 atom stereocenters. The molecule has 3 rings (SSSR count). The Morgan fingerprint density at radius 1 is 1.30 bits per heavy atom. The van der Waals surface area contributed by atoms with Crippen molar-refractivity contribution >= 4 is 35.0 Å². The highest BCUT2D eigenvalue weighted by Gasteiger charge is 2.29. The summed E-state index contributed by atoms with van der Waals surface area (Å²) >= 11 is 7.13. The van der Waals surface area contributed by atoms with Crippen LogP contribution >= 0.6 is 24.0 Å². The first-order chi connectivity index (χ1) is 9.63. The molecule has 1 heterocycles. The number of hydrogen-bond acceptors (Lipinski definition) is 2. The summed E-state index contributed by atoms with van der Waals surface area (Å²) in [4.78, 5) is 3.00. The summed E-state index contributed by atoms with van der Waals surface area (Å²) in [6.07, 6.45) is 6.42. The van der Waals surface area contributed by atoms with E-state index >= 15 is 0 Å². The predicted octanol–water partition coefficient (Wildman–Crippen LogP) is 4.82. The van der Waals surface area contributed by atoms with Crippen molar-refractivity contribution in [2.24, 2.45) is 0 Å². The second kappa shape index (κ2) is 5.48. The minimum absolute atomic E-state index is 0.135. The van der Waals surface area contributed by atoms with Crippen LogP contribution in [0.3, 0.4) is 0 Å². The Kier molecular flexibility index (Phi) is 3.86. The number of nitrogens with zero attached hydrogens (tertiary/aromatic N) is 1. The standard InChI is InChI=1S/C14H16F2N2S2/c1-20-11-5-3-2-4-10(11)18-13-9(17-14(18)19)7-6-8(15)12(13)16/h6-7,10-11H,2-5H2,1H3,(H,17,19). The summed E-state index contributed by atoms with van der Waals surface area (Å²) in [7, 11) is 0. The van der Waals surface area contributed by atoms with Crippen molar-refractivity contribution in [3.8, 4) is 0 Å². The van der Waals surface area contributed by atoms with Crippen LogP contribution in [-0.2, 0) is 0 Å². The summed E-state index contributed by atoms with van der Waals surface area (Å²) < 4.78 is 30.0. The van der Waals surface area contributed by atoms with Crippen LogP contribution in [0.1, 0.15) is 31.7 Å². The number of imidazole rings is 1. The van der Waals surface area contributed by atoms with Crippen LogP contribution in [0.5, 0.6) is 0 Å². The van der Waals surface area contributed by atoms with Crippen molar-refractivity contribution in [3.63, 3.8) is 0 Å². The van der Waals surface area contributed by atoms with Crippen LogP contribution in [0, 0.1) is 16.4 Å². The minimum Gasteiger partial charge on any atom is -0.330 e. The van der Waals surface area contributed by atoms with Gasteiger partial charge < -0.3 is 9.55 Å². The number of H-pyrrole nitrogens is 1. The van der Waals surface area contributed by atoms with Gasteiger partial charge in [-0.1, -0.05) is 12.8 Å². The molecule has 1 fully saturated rings. The first kappa shape index (κ1) is 14.1. The number of hydrogen-bond donors (Lipinski definition) is 1. The zero-order valence-corrected chi connectivity index (χ0v) is 12.8. The Morgan fingerprint density at radius 2 is 2.05 bits per heavy atom. The van der Waals surface area contributed by atoms with E-state index in [1.165, 1.54) is 6.42 Å². The minimum atomic E-state index is -0.822. The smallest absolute Gasteiger partial charge is 0.184 e. The molecule has 0 spiro atoms. The van der Waals surface area contributed by atoms with Crippen molar-refractivity contribution in [2.45, 2.75) is 37.0 Å². The lowest BCUT2D eigenvalue weighted by Crippen LogP contribution is -2.25. The largest absolute Gasteiger partial charge is 0.330 e. The number of thioether (sulfide) groups is 1. The number of fused-ring (bicyclic) bond motifs is 1. The zero-order chi connectivity index (χ0) is 14.3. The lowest BCUT2D eigenvalue weighted by Gasteiger charge is -2.31. The third-order valence-electron chi connectivity index (χ3n) is 4.07. The monoisotopic (exact) mass is 314 g/mol. The maximum atomic E-state index is 14.2. The molecular formula is C14H16F2N2S2. The topological polar surface area (TPSA) is 20.7 Å². The van der Waals surface area contributed by atoms with Gasteiger partial charge in [-0.05, 0) is 43.4 Å². The molecule has 0 saturated heterocycles. The molecule has 1 aliphatic rings. The van der Waals surface area contributed by atoms with Gasteiger partial charge in [0, 0.05) is 11.3 Å². The molecule has 0 radical (unpaired) electrons. The van der Waals surface area contributed by atoms with Gasteiger partial charge in [-0.25, -0.2) is 8.78 Å². The number of nitrogens with one attached hydrogen (secondary N) is 1. The maximum absolute atomic E-state index is 14.2. The van der Waals surface area contributed by atoms with E-state index in [2.05, 4.69) is 11.2 Å². The molecule has 2 aromatic rings. The van der Waals surface area contributed by atoms with Gasteiger partial charge in [-0.15, -0.1) is 0 Å². The second-order valence-corrected chi connectivity index (χ2v) is 6.65. The Balaban J connectivity index is 2.22. The molecule has 20 heavy (non-hydrogen) atoms. The Hall–Kier alpha value is -0.880. The molecule has 1 aromatic heterocycles. The third kappa shape index (κ3) is 2.19. The fraction of sp³-hybridized carbons (Fsp3) is 0.500. The predicted molar refractivity (Wildman–Crippen MR) is 81.8 cm³/mol. The van der Waals surface area contributed by atoms with E-state index in [1.807, 2.05) is 0 Å². The SMILES string of the molecule is CSC1CCCCC1n1c(=S)[nH]c2ccc(F)c(F)c21. The molecule has 2 nitrogen and oxygen atoms in total. The van der Waals surface area contributed by atoms with Crippen molar-refractivity contribution in [2.75, 3.05) is 6.26 Å². The molecule has 1 aromatic carbocycles. The van der Waals surface area contributed by atoms with Gasteiger partial charge in [0.15, 0.2) is 16.4 Å². The third-order valence-corrected chi connectivity index (χ3v) is 5.53. The molecule has 2 unspecified atom stereocenters. The van der Waals surface area contributed by atoms with E-state index in [9.17, 15) is 8.78 Å². The quantitative estimate of drug-likeness (QED) is 0.802. The summed E-state index contributed by atoms with van der Waals surface area (Å²) in [5.41, 5.74) is 0.847. The highest BCUT2D eigenvalue weighted by Crippen LogP contribution is 2.38. The van der Waals surface area contributed by atoms with E-state index in [-0.39, 0.29) is 11.6 Å². The van der Waals surface area contributed by atoms with Crippen molar-refractivity contribution in [1.29, 1.82) is 0 Å². The summed E-state index contributed by atoms with van der Waals surface area (Å²) in [5, 5.41) is 0.400. The molecule has 0 bridgehead atoms. The average Bonchev–Trinajstić information content (AvgIpc) is 2.80. The fourth-order valence-corrected chi connectivity index (χ4v) is 4.43. The van der Waals surface area contributed by atoms with Gasteiger partial charge in [0.25, 0.3) is 0 Å². The van der Waals surface area contributed by atoms with E-state index in [0.717, 1.165) is 25.3 Å². The molecule has 6 heteroatoms. The number of aromatic nitrogens is 2. The lowest BCUT2D eigenvalue weighted by molar-refractivity contribution is 0.365. The van der Waals surface area contributed by atoms with E-state index < -0.39 is 11.6 Å². The van der Waals surface area contributed by atoms with E-state index in [0.29, 0.717) is 15.5 Å². The van der Waals surface area contributed by atoms with Gasteiger partial charge in [-0.2, -0.15) is 11.8 Å². The maximum Gasteiger partial charge on any atom is 0.184 e. The molecule has 1 saturated carbocycles. The van der Waals surface area contributed by atoms with Gasteiger partial charge >= 0.3 is 0 Å². The van der Waals surface area contributed by atoms with E-state index in [1.54, 1.807) is 22.4 Å². The second-order valence-electron chi connectivity index (χ2n) is 5.18. The zero-order valence-electron chi connectivity index (χ0n) is 11.2. The first-order valence-corrected chi connectivity index (χ1v) is 8.44.